The zero-order valence-corrected chi connectivity index (χ0v) is 9.92. The van der Waals surface area contributed by atoms with Gasteiger partial charge in [-0.1, -0.05) is 26.7 Å². The molecule has 0 aromatic carbocycles. The SMILES string of the molecule is CCCCCOC(=O)C1NCCCC1C. The molecule has 1 heterocycles. The lowest BCUT2D eigenvalue weighted by atomic mass is 9.93. The van der Waals surface area contributed by atoms with Crippen molar-refractivity contribution in [3.63, 3.8) is 0 Å². The highest BCUT2D eigenvalue weighted by Gasteiger charge is 2.28. The Kier molecular flexibility index (Phi) is 5.69. The number of hydrogen-bond acceptors (Lipinski definition) is 3. The number of ether oxygens (including phenoxy) is 1. The summed E-state index contributed by atoms with van der Waals surface area (Å²) in [5.74, 6) is 0.357. The first-order chi connectivity index (χ1) is 7.25. The molecule has 0 spiro atoms. The fourth-order valence-electron chi connectivity index (χ4n) is 1.98. The highest BCUT2D eigenvalue weighted by molar-refractivity contribution is 5.76. The third-order valence-electron chi connectivity index (χ3n) is 3.02. The summed E-state index contributed by atoms with van der Waals surface area (Å²) in [6.07, 6.45) is 5.59. The van der Waals surface area contributed by atoms with Crippen molar-refractivity contribution in [3.05, 3.63) is 0 Å². The van der Waals surface area contributed by atoms with Crippen LogP contribution in [-0.2, 0) is 9.53 Å². The van der Waals surface area contributed by atoms with Gasteiger partial charge in [0.1, 0.15) is 6.04 Å². The van der Waals surface area contributed by atoms with E-state index in [4.69, 9.17) is 4.74 Å². The van der Waals surface area contributed by atoms with Crippen molar-refractivity contribution < 1.29 is 9.53 Å². The number of unbranched alkanes of at least 4 members (excludes halogenated alkanes) is 2. The smallest absolute Gasteiger partial charge is 0.323 e. The second-order valence-electron chi connectivity index (χ2n) is 4.43. The number of esters is 1. The summed E-state index contributed by atoms with van der Waals surface area (Å²) in [7, 11) is 0. The van der Waals surface area contributed by atoms with Crippen LogP contribution in [0.1, 0.15) is 46.0 Å². The van der Waals surface area contributed by atoms with Crippen LogP contribution >= 0.6 is 0 Å². The molecule has 1 N–H and O–H groups in total. The summed E-state index contributed by atoms with van der Waals surface area (Å²) in [6, 6.07) is -0.0691. The fraction of sp³-hybridized carbons (Fsp3) is 0.917. The van der Waals surface area contributed by atoms with Gasteiger partial charge in [-0.05, 0) is 31.7 Å². The normalized spacial score (nSPS) is 26.3. The Morgan fingerprint density at radius 3 is 2.93 bits per heavy atom. The van der Waals surface area contributed by atoms with Crippen molar-refractivity contribution in [1.29, 1.82) is 0 Å². The van der Waals surface area contributed by atoms with Crippen LogP contribution in [0.3, 0.4) is 0 Å². The van der Waals surface area contributed by atoms with Crippen molar-refractivity contribution in [2.24, 2.45) is 5.92 Å². The van der Waals surface area contributed by atoms with E-state index in [-0.39, 0.29) is 12.0 Å². The third kappa shape index (κ3) is 4.20. The lowest BCUT2D eigenvalue weighted by Gasteiger charge is -2.28. The van der Waals surface area contributed by atoms with Crippen LogP contribution in [0.2, 0.25) is 0 Å². The van der Waals surface area contributed by atoms with Crippen LogP contribution in [0, 0.1) is 5.92 Å². The van der Waals surface area contributed by atoms with Gasteiger partial charge in [0.15, 0.2) is 0 Å². The number of carbonyl (C=O) groups excluding carboxylic acids is 1. The summed E-state index contributed by atoms with van der Waals surface area (Å²) >= 11 is 0. The Bertz CT molecular complexity index is 194. The zero-order valence-electron chi connectivity index (χ0n) is 9.92. The molecule has 3 nitrogen and oxygen atoms in total. The van der Waals surface area contributed by atoms with Crippen LogP contribution in [0.5, 0.6) is 0 Å². The summed E-state index contributed by atoms with van der Waals surface area (Å²) in [4.78, 5) is 11.7. The van der Waals surface area contributed by atoms with Crippen LogP contribution in [0.4, 0.5) is 0 Å². The Morgan fingerprint density at radius 2 is 2.27 bits per heavy atom. The maximum Gasteiger partial charge on any atom is 0.323 e. The maximum atomic E-state index is 11.7. The predicted molar refractivity (Wildman–Crippen MR) is 60.7 cm³/mol. The van der Waals surface area contributed by atoms with Crippen molar-refractivity contribution in [2.75, 3.05) is 13.2 Å². The van der Waals surface area contributed by atoms with Crippen LogP contribution in [0.15, 0.2) is 0 Å². The van der Waals surface area contributed by atoms with Crippen LogP contribution in [-0.4, -0.2) is 25.2 Å². The lowest BCUT2D eigenvalue weighted by molar-refractivity contribution is -0.148. The Hall–Kier alpha value is -0.570. The molecule has 1 saturated heterocycles. The van der Waals surface area contributed by atoms with E-state index in [1.165, 1.54) is 6.42 Å². The van der Waals surface area contributed by atoms with Crippen molar-refractivity contribution in [2.45, 2.75) is 52.0 Å². The van der Waals surface area contributed by atoms with Gasteiger partial charge < -0.3 is 10.1 Å². The predicted octanol–water partition coefficient (Wildman–Crippen LogP) is 2.11. The molecule has 2 atom stereocenters. The van der Waals surface area contributed by atoms with E-state index >= 15 is 0 Å². The minimum Gasteiger partial charge on any atom is -0.465 e. The van der Waals surface area contributed by atoms with Gasteiger partial charge in [0.05, 0.1) is 6.61 Å². The molecule has 0 radical (unpaired) electrons. The molecule has 1 rings (SSSR count). The second kappa shape index (κ2) is 6.83. The van der Waals surface area contributed by atoms with E-state index in [1.54, 1.807) is 0 Å². The highest BCUT2D eigenvalue weighted by atomic mass is 16.5. The summed E-state index contributed by atoms with van der Waals surface area (Å²) in [5.41, 5.74) is 0. The highest BCUT2D eigenvalue weighted by Crippen LogP contribution is 2.16. The number of carbonyl (C=O) groups is 1. The molecule has 0 bridgehead atoms. The van der Waals surface area contributed by atoms with Crippen LogP contribution in [0.25, 0.3) is 0 Å². The van der Waals surface area contributed by atoms with Crippen molar-refractivity contribution in [1.82, 2.24) is 5.32 Å². The van der Waals surface area contributed by atoms with Gasteiger partial charge in [0.25, 0.3) is 0 Å². The monoisotopic (exact) mass is 213 g/mol. The first-order valence-corrected chi connectivity index (χ1v) is 6.15. The number of rotatable bonds is 5. The molecule has 3 heteroatoms. The minimum absolute atomic E-state index is 0.0571. The maximum absolute atomic E-state index is 11.7. The summed E-state index contributed by atoms with van der Waals surface area (Å²) in [5, 5.41) is 3.23. The quantitative estimate of drug-likeness (QED) is 0.561. The molecule has 1 aliphatic rings. The number of nitrogens with one attached hydrogen (secondary N) is 1. The molecule has 1 fully saturated rings. The second-order valence-corrected chi connectivity index (χ2v) is 4.43. The third-order valence-corrected chi connectivity index (χ3v) is 3.02. The molecule has 0 amide bonds. The van der Waals surface area contributed by atoms with E-state index < -0.39 is 0 Å². The Morgan fingerprint density at radius 1 is 1.47 bits per heavy atom. The van der Waals surface area contributed by atoms with Gasteiger partial charge in [0.2, 0.25) is 0 Å². The standard InChI is InChI=1S/C12H23NO2/c1-3-4-5-9-15-12(14)11-10(2)7-6-8-13-11/h10-11,13H,3-9H2,1-2H3. The van der Waals surface area contributed by atoms with Crippen molar-refractivity contribution >= 4 is 5.97 Å². The van der Waals surface area contributed by atoms with Gasteiger partial charge in [-0.15, -0.1) is 0 Å². The molecule has 15 heavy (non-hydrogen) atoms. The Labute approximate surface area is 92.6 Å². The molecule has 0 aromatic heterocycles. The molecular formula is C12H23NO2. The van der Waals surface area contributed by atoms with E-state index in [0.29, 0.717) is 12.5 Å². The van der Waals surface area contributed by atoms with E-state index in [1.807, 2.05) is 0 Å². The Balaban J connectivity index is 2.20. The average molecular weight is 213 g/mol. The molecule has 2 unspecified atom stereocenters. The molecule has 0 saturated carbocycles. The zero-order chi connectivity index (χ0) is 11.1. The van der Waals surface area contributed by atoms with Crippen LogP contribution < -0.4 is 5.32 Å². The lowest BCUT2D eigenvalue weighted by Crippen LogP contribution is -2.46. The van der Waals surface area contributed by atoms with E-state index in [0.717, 1.165) is 32.2 Å². The number of hydrogen-bond donors (Lipinski definition) is 1. The average Bonchev–Trinajstić information content (AvgIpc) is 2.25. The molecule has 88 valence electrons. The first kappa shape index (κ1) is 12.5. The number of piperidine rings is 1. The molecular weight excluding hydrogens is 190 g/mol. The molecule has 0 aliphatic carbocycles. The molecule has 0 aromatic rings. The summed E-state index contributed by atoms with van der Waals surface area (Å²) in [6.45, 7) is 5.79. The van der Waals surface area contributed by atoms with Gasteiger partial charge in [-0.2, -0.15) is 0 Å². The fourth-order valence-corrected chi connectivity index (χ4v) is 1.98. The van der Waals surface area contributed by atoms with Gasteiger partial charge >= 0.3 is 5.97 Å². The summed E-state index contributed by atoms with van der Waals surface area (Å²) < 4.78 is 5.25. The van der Waals surface area contributed by atoms with Gasteiger partial charge in [-0.3, -0.25) is 4.79 Å². The first-order valence-electron chi connectivity index (χ1n) is 6.15. The largest absolute Gasteiger partial charge is 0.465 e. The van der Waals surface area contributed by atoms with E-state index in [9.17, 15) is 4.79 Å². The minimum atomic E-state index is -0.0691. The van der Waals surface area contributed by atoms with Gasteiger partial charge in [-0.25, -0.2) is 0 Å². The molecule has 1 aliphatic heterocycles. The van der Waals surface area contributed by atoms with Crippen molar-refractivity contribution in [3.8, 4) is 0 Å². The van der Waals surface area contributed by atoms with Gasteiger partial charge in [0, 0.05) is 0 Å². The van der Waals surface area contributed by atoms with E-state index in [2.05, 4.69) is 19.2 Å². The topological polar surface area (TPSA) is 38.3 Å².